The maximum atomic E-state index is 13.4. The number of hydrogen-bond donors (Lipinski definition) is 2. The van der Waals surface area contributed by atoms with Gasteiger partial charge in [-0.25, -0.2) is 4.39 Å². The van der Waals surface area contributed by atoms with Crippen molar-refractivity contribution < 1.29 is 9.13 Å². The summed E-state index contributed by atoms with van der Waals surface area (Å²) in [5.41, 5.74) is 5.35. The van der Waals surface area contributed by atoms with Crippen LogP contribution in [-0.2, 0) is 0 Å². The number of rotatable bonds is 2. The third kappa shape index (κ3) is 1.96. The molecule has 86 valence electrons. The minimum Gasteiger partial charge on any atom is -0.495 e. The molecule has 0 aliphatic rings. The summed E-state index contributed by atoms with van der Waals surface area (Å²) < 4.78 is 19.2. The van der Waals surface area contributed by atoms with Crippen LogP contribution in [0.25, 0.3) is 10.1 Å². The van der Waals surface area contributed by atoms with E-state index in [0.717, 1.165) is 0 Å². The molecule has 16 heavy (non-hydrogen) atoms. The summed E-state index contributed by atoms with van der Waals surface area (Å²) >= 11 is 1.26. The van der Waals surface area contributed by atoms with E-state index < -0.39 is 0 Å². The second kappa shape index (κ2) is 4.67. The molecule has 3 nitrogen and oxygen atoms in total. The summed E-state index contributed by atoms with van der Waals surface area (Å²) in [6.45, 7) is 0. The van der Waals surface area contributed by atoms with Gasteiger partial charge in [-0.15, -0.1) is 23.7 Å². The number of thiophene rings is 1. The number of nitrogen functional groups attached to an aromatic ring is 1. The first-order chi connectivity index (χ1) is 7.13. The lowest BCUT2D eigenvalue weighted by atomic mass is 10.2. The van der Waals surface area contributed by atoms with Gasteiger partial charge in [0, 0.05) is 5.39 Å². The molecule has 1 aromatic carbocycles. The van der Waals surface area contributed by atoms with Gasteiger partial charge in [0.15, 0.2) is 0 Å². The fraction of sp³-hybridized carbons (Fsp3) is 0.100. The Bertz CT molecular complexity index is 541. The van der Waals surface area contributed by atoms with Gasteiger partial charge in [0.2, 0.25) is 0 Å². The van der Waals surface area contributed by atoms with Crippen molar-refractivity contribution in [1.82, 2.24) is 0 Å². The summed E-state index contributed by atoms with van der Waals surface area (Å²) in [7, 11) is 1.53. The van der Waals surface area contributed by atoms with E-state index in [4.69, 9.17) is 15.9 Å². The van der Waals surface area contributed by atoms with E-state index in [0.29, 0.717) is 20.7 Å². The Labute approximate surface area is 102 Å². The lowest BCUT2D eigenvalue weighted by molar-refractivity contribution is 0.420. The van der Waals surface area contributed by atoms with Crippen LogP contribution in [0.2, 0.25) is 0 Å². The molecule has 1 heterocycles. The number of ether oxygens (including phenoxy) is 1. The topological polar surface area (TPSA) is 59.1 Å². The number of amidine groups is 1. The van der Waals surface area contributed by atoms with Gasteiger partial charge in [-0.2, -0.15) is 0 Å². The minimum atomic E-state index is -0.324. The molecule has 6 heteroatoms. The largest absolute Gasteiger partial charge is 0.495 e. The Hall–Kier alpha value is -1.33. The van der Waals surface area contributed by atoms with E-state index in [1.54, 1.807) is 12.1 Å². The fourth-order valence-corrected chi connectivity index (χ4v) is 2.38. The summed E-state index contributed by atoms with van der Waals surface area (Å²) in [5.74, 6) is 0.219. The Morgan fingerprint density at radius 1 is 1.50 bits per heavy atom. The van der Waals surface area contributed by atoms with E-state index in [2.05, 4.69) is 0 Å². The number of hydrogen-bond acceptors (Lipinski definition) is 3. The van der Waals surface area contributed by atoms with Crippen molar-refractivity contribution >= 4 is 39.7 Å². The molecule has 1 aromatic heterocycles. The van der Waals surface area contributed by atoms with Crippen LogP contribution in [0.5, 0.6) is 5.75 Å². The monoisotopic (exact) mass is 260 g/mol. The van der Waals surface area contributed by atoms with E-state index in [1.807, 2.05) is 0 Å². The molecule has 0 saturated carbocycles. The van der Waals surface area contributed by atoms with Crippen molar-refractivity contribution in [2.45, 2.75) is 0 Å². The molecule has 0 spiro atoms. The van der Waals surface area contributed by atoms with Crippen LogP contribution in [0.1, 0.15) is 4.88 Å². The van der Waals surface area contributed by atoms with Gasteiger partial charge in [-0.05, 0) is 18.2 Å². The highest BCUT2D eigenvalue weighted by Gasteiger charge is 2.12. The zero-order valence-electron chi connectivity index (χ0n) is 8.41. The van der Waals surface area contributed by atoms with Gasteiger partial charge < -0.3 is 10.5 Å². The number of nitrogens with two attached hydrogens (primary N) is 1. The summed E-state index contributed by atoms with van der Waals surface area (Å²) in [5, 5.41) is 7.74. The molecular weight excluding hydrogens is 251 g/mol. The molecule has 0 aliphatic heterocycles. The number of benzene rings is 1. The van der Waals surface area contributed by atoms with Gasteiger partial charge in [0.05, 0.1) is 16.7 Å². The molecule has 0 aliphatic carbocycles. The number of fused-ring (bicyclic) bond motifs is 1. The van der Waals surface area contributed by atoms with E-state index in [1.165, 1.54) is 24.5 Å². The first kappa shape index (κ1) is 12.7. The van der Waals surface area contributed by atoms with Crippen molar-refractivity contribution in [2.24, 2.45) is 5.73 Å². The highest BCUT2D eigenvalue weighted by Crippen LogP contribution is 2.34. The van der Waals surface area contributed by atoms with Gasteiger partial charge >= 0.3 is 0 Å². The maximum Gasteiger partial charge on any atom is 0.136 e. The van der Waals surface area contributed by atoms with E-state index >= 15 is 0 Å². The quantitative estimate of drug-likeness (QED) is 0.644. The zero-order valence-corrected chi connectivity index (χ0v) is 10.0. The second-order valence-corrected chi connectivity index (χ2v) is 4.07. The second-order valence-electron chi connectivity index (χ2n) is 3.02. The van der Waals surface area contributed by atoms with Gasteiger partial charge in [-0.1, -0.05) is 0 Å². The van der Waals surface area contributed by atoms with E-state index in [-0.39, 0.29) is 24.1 Å². The molecule has 2 rings (SSSR count). The third-order valence-electron chi connectivity index (χ3n) is 2.08. The van der Waals surface area contributed by atoms with Crippen LogP contribution in [-0.4, -0.2) is 12.9 Å². The first-order valence-corrected chi connectivity index (χ1v) is 5.05. The van der Waals surface area contributed by atoms with Crippen LogP contribution in [0, 0.1) is 11.2 Å². The van der Waals surface area contributed by atoms with Gasteiger partial charge in [0.25, 0.3) is 0 Å². The Balaban J connectivity index is 0.00000128. The Morgan fingerprint density at radius 3 is 2.75 bits per heavy atom. The van der Waals surface area contributed by atoms with E-state index in [9.17, 15) is 4.39 Å². The van der Waals surface area contributed by atoms with Gasteiger partial charge in [-0.3, -0.25) is 5.41 Å². The summed E-state index contributed by atoms with van der Waals surface area (Å²) in [6.07, 6.45) is 0. The smallest absolute Gasteiger partial charge is 0.136 e. The van der Waals surface area contributed by atoms with Crippen molar-refractivity contribution in [3.05, 3.63) is 28.9 Å². The number of nitrogens with one attached hydrogen (secondary N) is 1. The number of methoxy groups -OCH3 is 1. The molecule has 0 fully saturated rings. The molecule has 0 atom stereocenters. The van der Waals surface area contributed by atoms with Crippen molar-refractivity contribution in [3.63, 3.8) is 0 Å². The van der Waals surface area contributed by atoms with Crippen LogP contribution in [0.4, 0.5) is 4.39 Å². The molecule has 0 amide bonds. The Morgan fingerprint density at radius 2 is 2.19 bits per heavy atom. The molecule has 0 radical (unpaired) electrons. The van der Waals surface area contributed by atoms with Crippen LogP contribution < -0.4 is 10.5 Å². The average Bonchev–Trinajstić information content (AvgIpc) is 2.64. The van der Waals surface area contributed by atoms with Crippen molar-refractivity contribution in [3.8, 4) is 5.75 Å². The predicted molar refractivity (Wildman–Crippen MR) is 66.6 cm³/mol. The lowest BCUT2D eigenvalue weighted by Crippen LogP contribution is -2.08. The first-order valence-electron chi connectivity index (χ1n) is 4.24. The molecule has 0 bridgehead atoms. The minimum absolute atomic E-state index is 0. The summed E-state index contributed by atoms with van der Waals surface area (Å²) in [4.78, 5) is 0.549. The normalized spacial score (nSPS) is 9.88. The maximum absolute atomic E-state index is 13.4. The average molecular weight is 261 g/mol. The lowest BCUT2D eigenvalue weighted by Gasteiger charge is -2.00. The zero-order chi connectivity index (χ0) is 11.0. The molecule has 2 aromatic rings. The van der Waals surface area contributed by atoms with Gasteiger partial charge in [0.1, 0.15) is 17.4 Å². The SMILES string of the molecule is COc1ccc(F)c2cc(C(=N)N)sc12.Cl. The highest BCUT2D eigenvalue weighted by molar-refractivity contribution is 7.21. The van der Waals surface area contributed by atoms with Crippen molar-refractivity contribution in [1.29, 1.82) is 5.41 Å². The third-order valence-corrected chi connectivity index (χ3v) is 3.26. The summed E-state index contributed by atoms with van der Waals surface area (Å²) in [6, 6.07) is 4.48. The molecule has 0 unspecified atom stereocenters. The highest BCUT2D eigenvalue weighted by atomic mass is 35.5. The predicted octanol–water partition coefficient (Wildman–Crippen LogP) is 2.75. The van der Waals surface area contributed by atoms with Crippen LogP contribution >= 0.6 is 23.7 Å². The molecule has 3 N–H and O–H groups in total. The Kier molecular flexibility index (Phi) is 3.72. The number of halogens is 2. The fourth-order valence-electron chi connectivity index (χ4n) is 1.36. The van der Waals surface area contributed by atoms with Crippen LogP contribution in [0.15, 0.2) is 18.2 Å². The standard InChI is InChI=1S/C10H9FN2OS.ClH/c1-14-7-3-2-6(11)5-4-8(10(12)13)15-9(5)7;/h2-4H,1H3,(H3,12,13);1H. The van der Waals surface area contributed by atoms with Crippen LogP contribution in [0.3, 0.4) is 0 Å². The molecule has 0 saturated heterocycles. The van der Waals surface area contributed by atoms with Crippen molar-refractivity contribution in [2.75, 3.05) is 7.11 Å². The molecular formula is C10H10ClFN2OS.